The number of carbonyl (C=O) groups is 1. The Morgan fingerprint density at radius 1 is 1.40 bits per heavy atom. The van der Waals surface area contributed by atoms with Gasteiger partial charge >= 0.3 is 0 Å². The number of nitrogens with one attached hydrogen (secondary N) is 2. The SMILES string of the molecule is CCc1[nH]nc(C(=O)NCC(C)(C)CC)c1S(=O)(=O)Cl. The molecule has 0 spiro atoms. The first kappa shape index (κ1) is 17.0. The maximum Gasteiger partial charge on any atom is 0.273 e. The van der Waals surface area contributed by atoms with Gasteiger partial charge in [0.1, 0.15) is 4.90 Å². The number of H-pyrrole nitrogens is 1. The summed E-state index contributed by atoms with van der Waals surface area (Å²) in [5.74, 6) is -0.540. The lowest BCUT2D eigenvalue weighted by Crippen LogP contribution is -2.34. The lowest BCUT2D eigenvalue weighted by atomic mass is 9.90. The molecular formula is C12H20ClN3O3S. The number of aromatic amines is 1. The van der Waals surface area contributed by atoms with Crippen LogP contribution in [-0.4, -0.2) is 31.1 Å². The molecule has 0 unspecified atom stereocenters. The van der Waals surface area contributed by atoms with Crippen molar-refractivity contribution in [2.24, 2.45) is 5.41 Å². The molecule has 0 aliphatic heterocycles. The van der Waals surface area contributed by atoms with E-state index in [1.165, 1.54) is 0 Å². The van der Waals surface area contributed by atoms with Gasteiger partial charge in [-0.05, 0) is 18.3 Å². The molecule has 1 aromatic rings. The molecule has 0 bridgehead atoms. The molecule has 6 nitrogen and oxygen atoms in total. The Balaban J connectivity index is 3.03. The summed E-state index contributed by atoms with van der Waals surface area (Å²) < 4.78 is 23.2. The Bertz CT molecular complexity index is 593. The van der Waals surface area contributed by atoms with Crippen LogP contribution in [-0.2, 0) is 15.5 Å². The fourth-order valence-corrected chi connectivity index (χ4v) is 2.90. The van der Waals surface area contributed by atoms with E-state index in [9.17, 15) is 13.2 Å². The maximum atomic E-state index is 12.1. The zero-order chi connectivity index (χ0) is 15.6. The van der Waals surface area contributed by atoms with Crippen molar-refractivity contribution in [3.05, 3.63) is 11.4 Å². The molecular weight excluding hydrogens is 302 g/mol. The summed E-state index contributed by atoms with van der Waals surface area (Å²) in [6, 6.07) is 0. The van der Waals surface area contributed by atoms with E-state index in [0.717, 1.165) is 6.42 Å². The fourth-order valence-electron chi connectivity index (χ4n) is 1.55. The van der Waals surface area contributed by atoms with Crippen LogP contribution in [0, 0.1) is 5.41 Å². The topological polar surface area (TPSA) is 91.9 Å². The van der Waals surface area contributed by atoms with Gasteiger partial charge in [-0.2, -0.15) is 5.10 Å². The summed E-state index contributed by atoms with van der Waals surface area (Å²) in [5.41, 5.74) is 0.0863. The molecule has 0 aliphatic rings. The largest absolute Gasteiger partial charge is 0.350 e. The van der Waals surface area contributed by atoms with Crippen LogP contribution >= 0.6 is 10.7 Å². The van der Waals surface area contributed by atoms with Crippen molar-refractivity contribution in [2.45, 2.75) is 45.4 Å². The number of nitrogens with zero attached hydrogens (tertiary/aromatic N) is 1. The fraction of sp³-hybridized carbons (Fsp3) is 0.667. The molecule has 2 N–H and O–H groups in total. The third kappa shape index (κ3) is 3.96. The quantitative estimate of drug-likeness (QED) is 0.784. The molecule has 114 valence electrons. The molecule has 20 heavy (non-hydrogen) atoms. The van der Waals surface area contributed by atoms with E-state index in [4.69, 9.17) is 10.7 Å². The van der Waals surface area contributed by atoms with Gasteiger partial charge in [0.15, 0.2) is 5.69 Å². The Morgan fingerprint density at radius 2 is 2.00 bits per heavy atom. The molecule has 0 aromatic carbocycles. The summed E-state index contributed by atoms with van der Waals surface area (Å²) in [5, 5.41) is 9.02. The van der Waals surface area contributed by atoms with Crippen molar-refractivity contribution in [1.29, 1.82) is 0 Å². The molecule has 0 radical (unpaired) electrons. The molecule has 0 atom stereocenters. The molecule has 0 aliphatic carbocycles. The van der Waals surface area contributed by atoms with Crippen molar-refractivity contribution in [2.75, 3.05) is 6.54 Å². The smallest absolute Gasteiger partial charge is 0.273 e. The van der Waals surface area contributed by atoms with Gasteiger partial charge < -0.3 is 5.32 Å². The third-order valence-corrected chi connectivity index (χ3v) is 4.68. The zero-order valence-electron chi connectivity index (χ0n) is 12.1. The van der Waals surface area contributed by atoms with Crippen LogP contribution in [0.15, 0.2) is 4.90 Å². The molecule has 1 amide bonds. The second kappa shape index (κ2) is 6.13. The predicted octanol–water partition coefficient (Wildman–Crippen LogP) is 2.07. The minimum absolute atomic E-state index is 0.0699. The van der Waals surface area contributed by atoms with Crippen LogP contribution in [0.5, 0.6) is 0 Å². The highest BCUT2D eigenvalue weighted by Crippen LogP contribution is 2.23. The molecule has 0 saturated carbocycles. The number of hydrogen-bond acceptors (Lipinski definition) is 4. The summed E-state index contributed by atoms with van der Waals surface area (Å²) in [6.07, 6.45) is 1.27. The third-order valence-electron chi connectivity index (χ3n) is 3.29. The highest BCUT2D eigenvalue weighted by atomic mass is 35.7. The van der Waals surface area contributed by atoms with E-state index >= 15 is 0 Å². The highest BCUT2D eigenvalue weighted by Gasteiger charge is 2.28. The van der Waals surface area contributed by atoms with Crippen molar-refractivity contribution in [3.63, 3.8) is 0 Å². The first-order chi connectivity index (χ1) is 9.12. The zero-order valence-corrected chi connectivity index (χ0v) is 13.7. The molecule has 0 fully saturated rings. The number of halogens is 1. The first-order valence-electron chi connectivity index (χ1n) is 6.42. The van der Waals surface area contributed by atoms with Gasteiger partial charge in [0.25, 0.3) is 15.0 Å². The van der Waals surface area contributed by atoms with Gasteiger partial charge in [-0.1, -0.05) is 27.7 Å². The lowest BCUT2D eigenvalue weighted by molar-refractivity contribution is 0.0927. The number of amides is 1. The van der Waals surface area contributed by atoms with Gasteiger partial charge in [0.05, 0.1) is 5.69 Å². The molecule has 8 heteroatoms. The van der Waals surface area contributed by atoms with Crippen LogP contribution in [0.25, 0.3) is 0 Å². The number of aryl methyl sites for hydroxylation is 1. The molecule has 1 rings (SSSR count). The maximum absolute atomic E-state index is 12.1. The Morgan fingerprint density at radius 3 is 2.45 bits per heavy atom. The van der Waals surface area contributed by atoms with E-state index < -0.39 is 15.0 Å². The van der Waals surface area contributed by atoms with Gasteiger partial charge in [-0.3, -0.25) is 9.89 Å². The summed E-state index contributed by atoms with van der Waals surface area (Å²) in [7, 11) is 1.36. The minimum atomic E-state index is -4.02. The molecule has 1 heterocycles. The predicted molar refractivity (Wildman–Crippen MR) is 77.4 cm³/mol. The van der Waals surface area contributed by atoms with Gasteiger partial charge in [-0.15, -0.1) is 0 Å². The van der Waals surface area contributed by atoms with Crippen molar-refractivity contribution in [3.8, 4) is 0 Å². The summed E-state index contributed by atoms with van der Waals surface area (Å²) >= 11 is 0. The number of rotatable bonds is 6. The van der Waals surface area contributed by atoms with Gasteiger partial charge in [-0.25, -0.2) is 8.42 Å². The van der Waals surface area contributed by atoms with E-state index in [-0.39, 0.29) is 16.0 Å². The second-order valence-electron chi connectivity index (χ2n) is 5.37. The van der Waals surface area contributed by atoms with Gasteiger partial charge in [0, 0.05) is 17.2 Å². The number of carbonyl (C=O) groups excluding carboxylic acids is 1. The Kier molecular flexibility index (Phi) is 5.21. The van der Waals surface area contributed by atoms with E-state index in [2.05, 4.69) is 15.5 Å². The Labute approximate surface area is 123 Å². The summed E-state index contributed by atoms with van der Waals surface area (Å²) in [6.45, 7) is 8.22. The van der Waals surface area contributed by atoms with E-state index in [0.29, 0.717) is 18.7 Å². The van der Waals surface area contributed by atoms with Gasteiger partial charge in [0.2, 0.25) is 0 Å². The van der Waals surface area contributed by atoms with Crippen LogP contribution in [0.3, 0.4) is 0 Å². The Hall–Kier alpha value is -1.08. The van der Waals surface area contributed by atoms with E-state index in [1.807, 2.05) is 20.8 Å². The normalized spacial score (nSPS) is 12.4. The second-order valence-corrected chi connectivity index (χ2v) is 7.87. The van der Waals surface area contributed by atoms with Crippen LogP contribution < -0.4 is 5.32 Å². The number of aromatic nitrogens is 2. The average Bonchev–Trinajstić information content (AvgIpc) is 2.79. The van der Waals surface area contributed by atoms with Crippen LogP contribution in [0.4, 0.5) is 0 Å². The minimum Gasteiger partial charge on any atom is -0.350 e. The standard InChI is InChI=1S/C12H20ClN3O3S/c1-5-8-10(20(13,18)19)9(16-15-8)11(17)14-7-12(3,4)6-2/h5-7H2,1-4H3,(H,14,17)(H,15,16). The first-order valence-corrected chi connectivity index (χ1v) is 8.73. The number of hydrogen-bond donors (Lipinski definition) is 2. The van der Waals surface area contributed by atoms with Crippen molar-refractivity contribution >= 4 is 25.6 Å². The molecule has 0 saturated heterocycles. The summed E-state index contributed by atoms with van der Waals surface area (Å²) in [4.78, 5) is 11.9. The van der Waals surface area contributed by atoms with Crippen molar-refractivity contribution in [1.82, 2.24) is 15.5 Å². The monoisotopic (exact) mass is 321 g/mol. The molecule has 1 aromatic heterocycles. The lowest BCUT2D eigenvalue weighted by Gasteiger charge is -2.22. The highest BCUT2D eigenvalue weighted by molar-refractivity contribution is 8.13. The van der Waals surface area contributed by atoms with Crippen LogP contribution in [0.1, 0.15) is 50.3 Å². The van der Waals surface area contributed by atoms with Crippen molar-refractivity contribution < 1.29 is 13.2 Å². The van der Waals surface area contributed by atoms with E-state index in [1.54, 1.807) is 6.92 Å². The van der Waals surface area contributed by atoms with Crippen LogP contribution in [0.2, 0.25) is 0 Å². The average molecular weight is 322 g/mol.